The third-order valence-corrected chi connectivity index (χ3v) is 36.7. The molecule has 8 aromatic rings. The quantitative estimate of drug-likeness (QED) is 0.0669. The molecule has 324 valence electrons. The maximum absolute atomic E-state index is 2.48. The summed E-state index contributed by atoms with van der Waals surface area (Å²) in [6, 6.07) is 93.2. The molecule has 65 heavy (non-hydrogen) atoms. The van der Waals surface area contributed by atoms with Crippen molar-refractivity contribution < 1.29 is 0 Å². The summed E-state index contributed by atoms with van der Waals surface area (Å²) in [7, 11) is -1.92. The van der Waals surface area contributed by atoms with Crippen LogP contribution in [-0.2, 0) is 0 Å². The average molecular weight is 978 g/mol. The van der Waals surface area contributed by atoms with E-state index in [0.29, 0.717) is 0 Å². The van der Waals surface area contributed by atoms with Crippen LogP contribution < -0.4 is 42.4 Å². The predicted octanol–water partition coefficient (Wildman–Crippen LogP) is 12.5. The van der Waals surface area contributed by atoms with Crippen molar-refractivity contribution in [1.82, 2.24) is 0 Å². The molecule has 0 nitrogen and oxygen atoms in total. The SMILES string of the molecule is c1ccc(P(C[C@@H]2[CH2][Ge]3([CH2][C@H]2CP(c2ccccc2)c2ccccc2)[CH2][C@@H](CP(c2ccccc2)c2ccccc2)[C@H](CP(c2ccccc2)c2ccccc2)[CH2]3)c2ccccc2)cc1. The molecule has 0 saturated carbocycles. The van der Waals surface area contributed by atoms with Gasteiger partial charge in [0.2, 0.25) is 0 Å². The molecule has 4 atom stereocenters. The Balaban J connectivity index is 1.06. The molecule has 0 unspecified atom stereocenters. The molecule has 5 heteroatoms. The second-order valence-electron chi connectivity index (χ2n) is 18.5. The zero-order valence-corrected chi connectivity index (χ0v) is 43.0. The molecule has 0 aromatic heterocycles. The van der Waals surface area contributed by atoms with E-state index in [0.717, 1.165) is 23.7 Å². The minimum absolute atomic E-state index is 0.481. The van der Waals surface area contributed by atoms with E-state index < -0.39 is 45.0 Å². The third-order valence-electron chi connectivity index (χ3n) is 14.3. The summed E-state index contributed by atoms with van der Waals surface area (Å²) >= 11 is -2.48. The molecule has 0 aliphatic carbocycles. The Labute approximate surface area is 396 Å². The Hall–Kier alpha value is -3.98. The molecule has 0 bridgehead atoms. The third kappa shape index (κ3) is 10.9. The van der Waals surface area contributed by atoms with Crippen molar-refractivity contribution in [3.63, 3.8) is 0 Å². The van der Waals surface area contributed by atoms with Gasteiger partial charge < -0.3 is 0 Å². The normalized spacial score (nSPS) is 19.1. The van der Waals surface area contributed by atoms with Gasteiger partial charge >= 0.3 is 399 Å². The standard InChI is InChI=1S/C60H60GeP4/c1-9-25-53(26-10-1)62(54-27-11-2-12-28-54)45-49-41-61(42-50(49)46-63(55-29-13-3-14-30-55)56-31-15-4-16-32-56)43-51(47-64(57-33-17-5-18-34-57)58-35-19-6-20-36-58)52(44-61)48-65(59-37-21-7-22-38-59)60-39-23-8-24-40-60/h1-40,49-52H,41-48H2/t49-,50-,51-,52-/m0/s1. The molecule has 2 fully saturated rings. The second-order valence-corrected chi connectivity index (χ2v) is 37.2. The van der Waals surface area contributed by atoms with Gasteiger partial charge in [0, 0.05) is 0 Å². The minimum atomic E-state index is -2.48. The van der Waals surface area contributed by atoms with Gasteiger partial charge in [-0.15, -0.1) is 0 Å². The molecule has 0 radical (unpaired) electrons. The van der Waals surface area contributed by atoms with Crippen molar-refractivity contribution in [1.29, 1.82) is 0 Å². The number of hydrogen-bond acceptors (Lipinski definition) is 0. The van der Waals surface area contributed by atoms with E-state index in [1.54, 1.807) is 42.4 Å². The molecular weight excluding hydrogens is 917 g/mol. The van der Waals surface area contributed by atoms with Crippen LogP contribution in [0, 0.1) is 23.7 Å². The molecule has 1 spiro atoms. The van der Waals surface area contributed by atoms with Crippen LogP contribution in [0.5, 0.6) is 0 Å². The van der Waals surface area contributed by atoms with E-state index in [4.69, 9.17) is 0 Å². The van der Waals surface area contributed by atoms with Crippen LogP contribution in [0.3, 0.4) is 0 Å². The molecule has 0 amide bonds. The Bertz CT molecular complexity index is 2100. The molecule has 2 aliphatic rings. The van der Waals surface area contributed by atoms with Gasteiger partial charge in [0.05, 0.1) is 0 Å². The van der Waals surface area contributed by atoms with Gasteiger partial charge in [0.1, 0.15) is 0 Å². The van der Waals surface area contributed by atoms with Crippen molar-refractivity contribution in [2.24, 2.45) is 23.7 Å². The van der Waals surface area contributed by atoms with E-state index in [2.05, 4.69) is 243 Å². The van der Waals surface area contributed by atoms with Crippen LogP contribution in [-0.4, -0.2) is 37.9 Å². The fraction of sp³-hybridized carbons (Fsp3) is 0.200. The molecule has 8 aromatic carbocycles. The van der Waals surface area contributed by atoms with E-state index in [1.807, 2.05) is 0 Å². The fourth-order valence-corrected chi connectivity index (χ4v) is 39.7. The van der Waals surface area contributed by atoms with E-state index in [-0.39, 0.29) is 0 Å². The zero-order valence-electron chi connectivity index (χ0n) is 37.3. The van der Waals surface area contributed by atoms with Crippen LogP contribution >= 0.6 is 31.7 Å². The van der Waals surface area contributed by atoms with Crippen LogP contribution in [0.25, 0.3) is 0 Å². The Kier molecular flexibility index (Phi) is 15.0. The first-order valence-electron chi connectivity index (χ1n) is 23.7. The first-order chi connectivity index (χ1) is 32.2. The number of benzene rings is 8. The topological polar surface area (TPSA) is 0 Å². The second kappa shape index (κ2) is 21.8. The van der Waals surface area contributed by atoms with Crippen molar-refractivity contribution >= 4 is 87.4 Å². The monoisotopic (exact) mass is 978 g/mol. The van der Waals surface area contributed by atoms with Gasteiger partial charge in [-0.1, -0.05) is 0 Å². The summed E-state index contributed by atoms with van der Waals surface area (Å²) in [5, 5.41) is 18.5. The Morgan fingerprint density at radius 3 is 0.508 bits per heavy atom. The van der Waals surface area contributed by atoms with Crippen LogP contribution in [0.4, 0.5) is 0 Å². The molecule has 2 aliphatic heterocycles. The van der Waals surface area contributed by atoms with Crippen molar-refractivity contribution in [3.05, 3.63) is 243 Å². The van der Waals surface area contributed by atoms with Crippen molar-refractivity contribution in [3.8, 4) is 0 Å². The number of rotatable bonds is 16. The number of hydrogen-bond donors (Lipinski definition) is 0. The maximum atomic E-state index is 2.44. The van der Waals surface area contributed by atoms with Gasteiger partial charge in [-0.05, 0) is 0 Å². The molecule has 10 rings (SSSR count). The van der Waals surface area contributed by atoms with E-state index in [1.165, 1.54) is 45.7 Å². The molecular formula is C60H60GeP4. The molecule has 0 N–H and O–H groups in total. The van der Waals surface area contributed by atoms with E-state index >= 15 is 0 Å². The summed E-state index contributed by atoms with van der Waals surface area (Å²) in [4.78, 5) is 0. The van der Waals surface area contributed by atoms with Crippen molar-refractivity contribution in [2.45, 2.75) is 21.0 Å². The fourth-order valence-electron chi connectivity index (χ4n) is 11.5. The first kappa shape index (κ1) is 44.8. The summed E-state index contributed by atoms with van der Waals surface area (Å²) < 4.78 is 0. The van der Waals surface area contributed by atoms with Gasteiger partial charge in [0.25, 0.3) is 0 Å². The van der Waals surface area contributed by atoms with Crippen LogP contribution in [0.1, 0.15) is 0 Å². The van der Waals surface area contributed by atoms with Crippen molar-refractivity contribution in [2.75, 3.05) is 24.6 Å². The predicted molar refractivity (Wildman–Crippen MR) is 295 cm³/mol. The van der Waals surface area contributed by atoms with E-state index in [9.17, 15) is 0 Å². The summed E-state index contributed by atoms with van der Waals surface area (Å²) in [6.07, 6.45) is 5.24. The average Bonchev–Trinajstić information content (AvgIpc) is 3.90. The van der Waals surface area contributed by atoms with Crippen LogP contribution in [0.2, 0.25) is 21.0 Å². The summed E-state index contributed by atoms with van der Waals surface area (Å²) in [5.41, 5.74) is 0. The van der Waals surface area contributed by atoms with Gasteiger partial charge in [-0.3, -0.25) is 0 Å². The summed E-state index contributed by atoms with van der Waals surface area (Å²) in [5.74, 6) is 2.97. The Morgan fingerprint density at radius 2 is 0.369 bits per heavy atom. The zero-order chi connectivity index (χ0) is 43.7. The Morgan fingerprint density at radius 1 is 0.231 bits per heavy atom. The molecule has 2 saturated heterocycles. The van der Waals surface area contributed by atoms with Gasteiger partial charge in [-0.25, -0.2) is 0 Å². The molecule has 2 heterocycles. The van der Waals surface area contributed by atoms with Gasteiger partial charge in [0.15, 0.2) is 0 Å². The van der Waals surface area contributed by atoms with Crippen LogP contribution in [0.15, 0.2) is 243 Å². The summed E-state index contributed by atoms with van der Waals surface area (Å²) in [6.45, 7) is 0. The first-order valence-corrected chi connectivity index (χ1v) is 35.7. The van der Waals surface area contributed by atoms with Gasteiger partial charge in [-0.2, -0.15) is 0 Å².